The summed E-state index contributed by atoms with van der Waals surface area (Å²) >= 11 is 0. The Morgan fingerprint density at radius 3 is 2.30 bits per heavy atom. The molecule has 3 aromatic rings. The first-order valence-corrected chi connectivity index (χ1v) is 6.83. The van der Waals surface area contributed by atoms with Gasteiger partial charge >= 0.3 is 6.18 Å². The van der Waals surface area contributed by atoms with E-state index in [1.807, 2.05) is 6.07 Å². The van der Waals surface area contributed by atoms with Gasteiger partial charge in [0.1, 0.15) is 5.69 Å². The molecule has 0 aliphatic carbocycles. The van der Waals surface area contributed by atoms with Crippen molar-refractivity contribution >= 4 is 0 Å². The van der Waals surface area contributed by atoms with E-state index in [2.05, 4.69) is 5.16 Å². The third-order valence-electron chi connectivity index (χ3n) is 3.45. The molecule has 118 valence electrons. The van der Waals surface area contributed by atoms with Gasteiger partial charge in [0.05, 0.1) is 17.7 Å². The van der Waals surface area contributed by atoms with Gasteiger partial charge in [0.25, 0.3) is 0 Å². The number of aromatic nitrogens is 1. The number of aliphatic hydroxyl groups excluding tert-OH is 1. The first-order chi connectivity index (χ1) is 11.0. The van der Waals surface area contributed by atoms with Crippen molar-refractivity contribution in [1.29, 1.82) is 0 Å². The van der Waals surface area contributed by atoms with Crippen LogP contribution in [0.4, 0.5) is 13.2 Å². The summed E-state index contributed by atoms with van der Waals surface area (Å²) in [6, 6.07) is 13.7. The second kappa shape index (κ2) is 5.89. The van der Waals surface area contributed by atoms with E-state index in [4.69, 9.17) is 4.52 Å². The largest absolute Gasteiger partial charge is 0.416 e. The van der Waals surface area contributed by atoms with Crippen molar-refractivity contribution in [3.63, 3.8) is 0 Å². The Morgan fingerprint density at radius 2 is 1.65 bits per heavy atom. The number of alkyl halides is 3. The third kappa shape index (κ3) is 2.98. The molecule has 1 heterocycles. The highest BCUT2D eigenvalue weighted by atomic mass is 19.4. The highest BCUT2D eigenvalue weighted by Crippen LogP contribution is 2.36. The number of rotatable bonds is 3. The minimum Gasteiger partial charge on any atom is -0.391 e. The molecule has 0 saturated carbocycles. The van der Waals surface area contributed by atoms with Crippen LogP contribution in [0.1, 0.15) is 11.1 Å². The molecule has 3 nitrogen and oxygen atoms in total. The smallest absolute Gasteiger partial charge is 0.391 e. The lowest BCUT2D eigenvalue weighted by Crippen LogP contribution is -2.04. The van der Waals surface area contributed by atoms with Gasteiger partial charge in [0, 0.05) is 11.1 Å². The van der Waals surface area contributed by atoms with E-state index in [1.165, 1.54) is 12.1 Å². The van der Waals surface area contributed by atoms with Gasteiger partial charge in [-0.2, -0.15) is 13.2 Å². The molecule has 0 aliphatic heterocycles. The standard InChI is InChI=1S/C17H12F3NO2/c18-17(19,20)13-8-4-7-12(9-13)16-14(10-22)15(21-23-16)11-5-2-1-3-6-11/h1-9,22H,10H2. The van der Waals surface area contributed by atoms with Crippen LogP contribution in [0, 0.1) is 0 Å². The number of aliphatic hydroxyl groups is 1. The van der Waals surface area contributed by atoms with Crippen LogP contribution in [0.2, 0.25) is 0 Å². The molecule has 0 atom stereocenters. The number of benzene rings is 2. The van der Waals surface area contributed by atoms with Crippen molar-refractivity contribution in [1.82, 2.24) is 5.16 Å². The fourth-order valence-electron chi connectivity index (χ4n) is 2.34. The molecule has 0 bridgehead atoms. The van der Waals surface area contributed by atoms with Crippen molar-refractivity contribution < 1.29 is 22.8 Å². The maximum atomic E-state index is 12.8. The predicted octanol–water partition coefficient (Wildman–Crippen LogP) is 4.52. The first-order valence-electron chi connectivity index (χ1n) is 6.83. The van der Waals surface area contributed by atoms with Crippen molar-refractivity contribution in [2.75, 3.05) is 0 Å². The topological polar surface area (TPSA) is 46.3 Å². The SMILES string of the molecule is OCc1c(-c2ccccc2)noc1-c1cccc(C(F)(F)F)c1. The fourth-order valence-corrected chi connectivity index (χ4v) is 2.34. The Kier molecular flexibility index (Phi) is 3.92. The van der Waals surface area contributed by atoms with E-state index in [1.54, 1.807) is 24.3 Å². The Labute approximate surface area is 130 Å². The average Bonchev–Trinajstić information content (AvgIpc) is 2.99. The van der Waals surface area contributed by atoms with Crippen molar-refractivity contribution in [3.8, 4) is 22.6 Å². The maximum Gasteiger partial charge on any atom is 0.416 e. The van der Waals surface area contributed by atoms with Crippen molar-refractivity contribution in [2.45, 2.75) is 12.8 Å². The van der Waals surface area contributed by atoms with Gasteiger partial charge < -0.3 is 9.63 Å². The Morgan fingerprint density at radius 1 is 0.957 bits per heavy atom. The Balaban J connectivity index is 2.10. The molecule has 0 radical (unpaired) electrons. The zero-order chi connectivity index (χ0) is 16.4. The minimum atomic E-state index is -4.45. The van der Waals surface area contributed by atoms with E-state index in [9.17, 15) is 18.3 Å². The second-order valence-corrected chi connectivity index (χ2v) is 4.94. The molecule has 0 aliphatic rings. The molecule has 2 aromatic carbocycles. The van der Waals surface area contributed by atoms with Gasteiger partial charge in [-0.15, -0.1) is 0 Å². The number of hydrogen-bond acceptors (Lipinski definition) is 3. The van der Waals surface area contributed by atoms with Gasteiger partial charge in [-0.3, -0.25) is 0 Å². The molecule has 1 N–H and O–H groups in total. The van der Waals surface area contributed by atoms with E-state index < -0.39 is 11.7 Å². The average molecular weight is 319 g/mol. The fraction of sp³-hybridized carbons (Fsp3) is 0.118. The normalized spacial score (nSPS) is 11.7. The van der Waals surface area contributed by atoms with Gasteiger partial charge in [-0.1, -0.05) is 47.6 Å². The van der Waals surface area contributed by atoms with E-state index in [0.717, 1.165) is 17.7 Å². The van der Waals surface area contributed by atoms with Crippen LogP contribution in [-0.2, 0) is 12.8 Å². The van der Waals surface area contributed by atoms with Crippen LogP contribution in [-0.4, -0.2) is 10.3 Å². The molecule has 3 rings (SSSR count). The summed E-state index contributed by atoms with van der Waals surface area (Å²) in [6.07, 6.45) is -4.45. The summed E-state index contributed by atoms with van der Waals surface area (Å²) in [7, 11) is 0. The van der Waals surface area contributed by atoms with Crippen molar-refractivity contribution in [2.24, 2.45) is 0 Å². The molecule has 0 spiro atoms. The minimum absolute atomic E-state index is 0.137. The van der Waals surface area contributed by atoms with Crippen LogP contribution in [0.5, 0.6) is 0 Å². The molecule has 1 aromatic heterocycles. The third-order valence-corrected chi connectivity index (χ3v) is 3.45. The molecular weight excluding hydrogens is 307 g/mol. The van der Waals surface area contributed by atoms with Crippen LogP contribution >= 0.6 is 0 Å². The zero-order valence-corrected chi connectivity index (χ0v) is 11.8. The van der Waals surface area contributed by atoms with Gasteiger partial charge in [-0.25, -0.2) is 0 Å². The molecule has 23 heavy (non-hydrogen) atoms. The quantitative estimate of drug-likeness (QED) is 0.772. The lowest BCUT2D eigenvalue weighted by molar-refractivity contribution is -0.137. The van der Waals surface area contributed by atoms with Gasteiger partial charge in [0.2, 0.25) is 0 Å². The Hall–Kier alpha value is -2.60. The molecule has 0 unspecified atom stereocenters. The molecule has 0 fully saturated rings. The zero-order valence-electron chi connectivity index (χ0n) is 11.8. The van der Waals surface area contributed by atoms with Crippen molar-refractivity contribution in [3.05, 3.63) is 65.7 Å². The highest BCUT2D eigenvalue weighted by Gasteiger charge is 2.31. The monoisotopic (exact) mass is 319 g/mol. The van der Waals surface area contributed by atoms with Crippen LogP contribution in [0.25, 0.3) is 22.6 Å². The number of nitrogens with zero attached hydrogens (tertiary/aromatic N) is 1. The summed E-state index contributed by atoms with van der Waals surface area (Å²) in [4.78, 5) is 0. The number of hydrogen-bond donors (Lipinski definition) is 1. The lowest BCUT2D eigenvalue weighted by Gasteiger charge is -2.08. The Bertz CT molecular complexity index is 810. The highest BCUT2D eigenvalue weighted by molar-refractivity contribution is 5.72. The summed E-state index contributed by atoms with van der Waals surface area (Å²) in [6.45, 7) is -0.390. The summed E-state index contributed by atoms with van der Waals surface area (Å²) < 4.78 is 43.7. The van der Waals surface area contributed by atoms with Crippen LogP contribution in [0.3, 0.4) is 0 Å². The predicted molar refractivity (Wildman–Crippen MR) is 78.3 cm³/mol. The second-order valence-electron chi connectivity index (χ2n) is 4.94. The summed E-state index contributed by atoms with van der Waals surface area (Å²) in [5.74, 6) is 0.137. The first kappa shape index (κ1) is 15.3. The van der Waals surface area contributed by atoms with E-state index in [-0.39, 0.29) is 17.9 Å². The number of halogens is 3. The van der Waals surface area contributed by atoms with Gasteiger partial charge in [0.15, 0.2) is 5.76 Å². The van der Waals surface area contributed by atoms with E-state index >= 15 is 0 Å². The molecule has 0 saturated heterocycles. The molecular formula is C17H12F3NO2. The van der Waals surface area contributed by atoms with E-state index in [0.29, 0.717) is 11.3 Å². The molecule has 6 heteroatoms. The summed E-state index contributed by atoms with van der Waals surface area (Å²) in [5.41, 5.74) is 0.935. The van der Waals surface area contributed by atoms with Crippen LogP contribution < -0.4 is 0 Å². The lowest BCUT2D eigenvalue weighted by atomic mass is 10.0. The molecule has 0 amide bonds. The summed E-state index contributed by atoms with van der Waals surface area (Å²) in [5, 5.41) is 13.5. The van der Waals surface area contributed by atoms with Gasteiger partial charge in [-0.05, 0) is 12.1 Å². The van der Waals surface area contributed by atoms with Crippen LogP contribution in [0.15, 0.2) is 59.1 Å². The maximum absolute atomic E-state index is 12.8.